The van der Waals surface area contributed by atoms with Gasteiger partial charge in [0.2, 0.25) is 5.95 Å². The van der Waals surface area contributed by atoms with Crippen LogP contribution in [0.5, 0.6) is 0 Å². The van der Waals surface area contributed by atoms with Crippen LogP contribution in [-0.2, 0) is 0 Å². The Hall–Kier alpha value is -1.03. The highest BCUT2D eigenvalue weighted by atomic mass is 35.5. The van der Waals surface area contributed by atoms with Gasteiger partial charge < -0.3 is 11.1 Å². The molecule has 0 fully saturated rings. The van der Waals surface area contributed by atoms with Crippen LogP contribution in [-0.4, -0.2) is 16.5 Å². The van der Waals surface area contributed by atoms with E-state index < -0.39 is 0 Å². The first-order valence-corrected chi connectivity index (χ1v) is 6.57. The van der Waals surface area contributed by atoms with Crippen molar-refractivity contribution in [2.45, 2.75) is 39.5 Å². The minimum Gasteiger partial charge on any atom is -0.368 e. The fraction of sp³-hybridized carbons (Fsp3) is 0.667. The fourth-order valence-electron chi connectivity index (χ4n) is 1.69. The second kappa shape index (κ2) is 7.33. The van der Waals surface area contributed by atoms with E-state index in [1.54, 1.807) is 0 Å². The van der Waals surface area contributed by atoms with Gasteiger partial charge in [-0.2, -0.15) is 4.98 Å². The van der Waals surface area contributed by atoms with Gasteiger partial charge in [0.25, 0.3) is 0 Å². The molecule has 4 nitrogen and oxygen atoms in total. The maximum absolute atomic E-state index is 5.98. The second-order valence-electron chi connectivity index (χ2n) is 4.22. The average Bonchev–Trinajstić information content (AvgIpc) is 2.33. The Morgan fingerprint density at radius 2 is 2.24 bits per heavy atom. The molecule has 0 aliphatic heterocycles. The Bertz CT molecular complexity index is 343. The molecule has 0 aliphatic carbocycles. The smallest absolute Gasteiger partial charge is 0.222 e. The summed E-state index contributed by atoms with van der Waals surface area (Å²) in [4.78, 5) is 7.91. The third-order valence-corrected chi connectivity index (χ3v) is 3.14. The Kier molecular flexibility index (Phi) is 6.05. The molecule has 0 saturated carbocycles. The molecule has 1 unspecified atom stereocenters. The molecule has 5 heteroatoms. The first-order valence-electron chi connectivity index (χ1n) is 6.19. The number of hydrogen-bond donors (Lipinski definition) is 2. The zero-order valence-electron chi connectivity index (χ0n) is 10.5. The van der Waals surface area contributed by atoms with Crippen molar-refractivity contribution in [2.75, 3.05) is 17.6 Å². The van der Waals surface area contributed by atoms with Crippen LogP contribution in [0.2, 0.25) is 5.02 Å². The highest BCUT2D eigenvalue weighted by molar-refractivity contribution is 6.32. The summed E-state index contributed by atoms with van der Waals surface area (Å²) in [5.74, 6) is 1.54. The van der Waals surface area contributed by atoms with E-state index in [-0.39, 0.29) is 5.95 Å². The van der Waals surface area contributed by atoms with Crippen molar-refractivity contribution in [3.8, 4) is 0 Å². The van der Waals surface area contributed by atoms with Gasteiger partial charge in [-0.1, -0.05) is 44.7 Å². The molecule has 0 aliphatic rings. The van der Waals surface area contributed by atoms with Crippen molar-refractivity contribution < 1.29 is 0 Å². The van der Waals surface area contributed by atoms with Crippen LogP contribution in [0.15, 0.2) is 6.20 Å². The van der Waals surface area contributed by atoms with Gasteiger partial charge in [-0.25, -0.2) is 4.98 Å². The number of anilines is 2. The fourth-order valence-corrected chi connectivity index (χ4v) is 1.85. The molecule has 1 aromatic heterocycles. The largest absolute Gasteiger partial charge is 0.368 e. The highest BCUT2D eigenvalue weighted by Gasteiger charge is 2.08. The molecule has 1 heterocycles. The maximum atomic E-state index is 5.98. The number of nitrogen functional groups attached to an aromatic ring is 1. The molecule has 1 aromatic rings. The summed E-state index contributed by atoms with van der Waals surface area (Å²) >= 11 is 5.98. The second-order valence-corrected chi connectivity index (χ2v) is 4.63. The van der Waals surface area contributed by atoms with Crippen LogP contribution >= 0.6 is 11.6 Å². The molecule has 0 spiro atoms. The Morgan fingerprint density at radius 1 is 1.47 bits per heavy atom. The lowest BCUT2D eigenvalue weighted by Gasteiger charge is -2.16. The standard InChI is InChI=1S/C12H21ClN4/c1-3-5-6-9(4-2)7-15-11-10(13)8-16-12(14)17-11/h8-9H,3-7H2,1-2H3,(H3,14,15,16,17). The van der Waals surface area contributed by atoms with Crippen molar-refractivity contribution in [1.29, 1.82) is 0 Å². The predicted molar refractivity (Wildman–Crippen MR) is 73.3 cm³/mol. The van der Waals surface area contributed by atoms with Crippen molar-refractivity contribution in [2.24, 2.45) is 5.92 Å². The third-order valence-electron chi connectivity index (χ3n) is 2.86. The van der Waals surface area contributed by atoms with Gasteiger partial charge in [0.1, 0.15) is 10.8 Å². The van der Waals surface area contributed by atoms with Crippen molar-refractivity contribution in [1.82, 2.24) is 9.97 Å². The Labute approximate surface area is 108 Å². The summed E-state index contributed by atoms with van der Waals surface area (Å²) in [6, 6.07) is 0. The topological polar surface area (TPSA) is 63.8 Å². The van der Waals surface area contributed by atoms with E-state index in [9.17, 15) is 0 Å². The number of rotatable bonds is 7. The first kappa shape index (κ1) is 14.0. The van der Waals surface area contributed by atoms with Gasteiger partial charge in [0, 0.05) is 6.54 Å². The van der Waals surface area contributed by atoms with E-state index in [4.69, 9.17) is 17.3 Å². The van der Waals surface area contributed by atoms with Gasteiger partial charge >= 0.3 is 0 Å². The average molecular weight is 257 g/mol. The summed E-state index contributed by atoms with van der Waals surface area (Å²) in [6.45, 7) is 5.30. The zero-order valence-corrected chi connectivity index (χ0v) is 11.3. The minimum atomic E-state index is 0.249. The van der Waals surface area contributed by atoms with Gasteiger partial charge in [0.15, 0.2) is 0 Å². The van der Waals surface area contributed by atoms with E-state index in [0.717, 1.165) is 13.0 Å². The van der Waals surface area contributed by atoms with Crippen LogP contribution in [0.25, 0.3) is 0 Å². The molecule has 96 valence electrons. The van der Waals surface area contributed by atoms with Crippen LogP contribution in [0.1, 0.15) is 39.5 Å². The lowest BCUT2D eigenvalue weighted by atomic mass is 9.99. The number of nitrogens with one attached hydrogen (secondary N) is 1. The van der Waals surface area contributed by atoms with Crippen molar-refractivity contribution >= 4 is 23.4 Å². The van der Waals surface area contributed by atoms with E-state index in [2.05, 4.69) is 29.1 Å². The summed E-state index contributed by atoms with van der Waals surface area (Å²) in [5, 5.41) is 3.77. The number of nitrogens with two attached hydrogens (primary N) is 1. The number of unbranched alkanes of at least 4 members (excludes halogenated alkanes) is 1. The molecule has 17 heavy (non-hydrogen) atoms. The predicted octanol–water partition coefficient (Wildman–Crippen LogP) is 3.34. The van der Waals surface area contributed by atoms with Crippen LogP contribution in [0.3, 0.4) is 0 Å². The van der Waals surface area contributed by atoms with E-state index in [1.165, 1.54) is 25.5 Å². The molecule has 0 aromatic carbocycles. The van der Waals surface area contributed by atoms with E-state index in [1.807, 2.05) is 0 Å². The number of aromatic nitrogens is 2. The normalized spacial score (nSPS) is 12.4. The summed E-state index contributed by atoms with van der Waals surface area (Å²) in [6.07, 6.45) is 6.42. The Balaban J connectivity index is 2.50. The lowest BCUT2D eigenvalue weighted by molar-refractivity contribution is 0.472. The molecule has 3 N–H and O–H groups in total. The molecule has 1 atom stereocenters. The van der Waals surface area contributed by atoms with Gasteiger partial charge in [-0.3, -0.25) is 0 Å². The molecule has 0 bridgehead atoms. The monoisotopic (exact) mass is 256 g/mol. The number of nitrogens with zero attached hydrogens (tertiary/aromatic N) is 2. The molecular weight excluding hydrogens is 236 g/mol. The van der Waals surface area contributed by atoms with Crippen molar-refractivity contribution in [3.05, 3.63) is 11.2 Å². The van der Waals surface area contributed by atoms with Gasteiger partial charge in [0.05, 0.1) is 6.20 Å². The lowest BCUT2D eigenvalue weighted by Crippen LogP contribution is -2.15. The van der Waals surface area contributed by atoms with Gasteiger partial charge in [-0.15, -0.1) is 0 Å². The number of hydrogen-bond acceptors (Lipinski definition) is 4. The highest BCUT2D eigenvalue weighted by Crippen LogP contribution is 2.20. The zero-order chi connectivity index (χ0) is 12.7. The third kappa shape index (κ3) is 4.77. The van der Waals surface area contributed by atoms with E-state index in [0.29, 0.717) is 16.8 Å². The Morgan fingerprint density at radius 3 is 2.88 bits per heavy atom. The summed E-state index contributed by atoms with van der Waals surface area (Å²) < 4.78 is 0. The van der Waals surface area contributed by atoms with E-state index >= 15 is 0 Å². The van der Waals surface area contributed by atoms with Gasteiger partial charge in [-0.05, 0) is 12.3 Å². The first-order chi connectivity index (χ1) is 8.17. The SMILES string of the molecule is CCCCC(CC)CNc1nc(N)ncc1Cl. The van der Waals surface area contributed by atoms with Crippen molar-refractivity contribution in [3.63, 3.8) is 0 Å². The molecule has 0 radical (unpaired) electrons. The minimum absolute atomic E-state index is 0.249. The molecular formula is C12H21ClN4. The van der Waals surface area contributed by atoms with Crippen LogP contribution in [0.4, 0.5) is 11.8 Å². The van der Waals surface area contributed by atoms with Crippen LogP contribution < -0.4 is 11.1 Å². The quantitative estimate of drug-likeness (QED) is 0.785. The summed E-state index contributed by atoms with van der Waals surface area (Å²) in [7, 11) is 0. The number of halogens is 1. The maximum Gasteiger partial charge on any atom is 0.222 e. The molecule has 0 amide bonds. The molecule has 0 saturated heterocycles. The van der Waals surface area contributed by atoms with Crippen LogP contribution in [0, 0.1) is 5.92 Å². The molecule has 1 rings (SSSR count). The summed E-state index contributed by atoms with van der Waals surface area (Å²) in [5.41, 5.74) is 5.53.